The zero-order valence-electron chi connectivity index (χ0n) is 9.44. The highest BCUT2D eigenvalue weighted by Gasteiger charge is 2.08. The predicted octanol–water partition coefficient (Wildman–Crippen LogP) is 2.36. The monoisotopic (exact) mass is 204 g/mol. The van der Waals surface area contributed by atoms with Gasteiger partial charge in [0.1, 0.15) is 5.82 Å². The van der Waals surface area contributed by atoms with Crippen LogP contribution in [0.1, 0.15) is 39.1 Å². The highest BCUT2D eigenvalue weighted by Crippen LogP contribution is 2.14. The van der Waals surface area contributed by atoms with Crippen LogP contribution in [0, 0.1) is 0 Å². The number of aromatic nitrogens is 4. The molecule has 0 aromatic carbocycles. The highest BCUT2D eigenvalue weighted by molar-refractivity contribution is 5.73. The molecule has 0 amide bonds. The Labute approximate surface area is 89.3 Å². The number of nitrogens with zero attached hydrogens (tertiary/aromatic N) is 4. The third-order valence-corrected chi connectivity index (χ3v) is 2.35. The normalized spacial score (nSPS) is 11.5. The van der Waals surface area contributed by atoms with Crippen LogP contribution >= 0.6 is 0 Å². The van der Waals surface area contributed by atoms with E-state index in [4.69, 9.17) is 0 Å². The minimum absolute atomic E-state index is 0.340. The van der Waals surface area contributed by atoms with E-state index in [1.165, 1.54) is 0 Å². The smallest absolute Gasteiger partial charge is 0.161 e. The second kappa shape index (κ2) is 3.96. The summed E-state index contributed by atoms with van der Waals surface area (Å²) >= 11 is 0. The van der Waals surface area contributed by atoms with Crippen molar-refractivity contribution in [2.45, 2.75) is 39.7 Å². The molecule has 0 saturated carbocycles. The Morgan fingerprint density at radius 3 is 2.80 bits per heavy atom. The van der Waals surface area contributed by atoms with Crippen molar-refractivity contribution in [1.29, 1.82) is 0 Å². The number of hydrogen-bond donors (Lipinski definition) is 0. The molecule has 2 heterocycles. The van der Waals surface area contributed by atoms with E-state index in [0.29, 0.717) is 6.04 Å². The maximum atomic E-state index is 4.54. The Morgan fingerprint density at radius 2 is 2.13 bits per heavy atom. The lowest BCUT2D eigenvalue weighted by Gasteiger charge is -2.06. The van der Waals surface area contributed by atoms with Crippen molar-refractivity contribution in [2.75, 3.05) is 0 Å². The molecule has 4 nitrogen and oxygen atoms in total. The van der Waals surface area contributed by atoms with Crippen LogP contribution in [-0.4, -0.2) is 19.7 Å². The van der Waals surface area contributed by atoms with Crippen molar-refractivity contribution < 1.29 is 0 Å². The van der Waals surface area contributed by atoms with E-state index in [2.05, 4.69) is 35.8 Å². The van der Waals surface area contributed by atoms with Gasteiger partial charge in [-0.15, -0.1) is 0 Å². The zero-order chi connectivity index (χ0) is 10.8. The van der Waals surface area contributed by atoms with Crippen LogP contribution in [0.5, 0.6) is 0 Å². The van der Waals surface area contributed by atoms with Crippen molar-refractivity contribution in [2.24, 2.45) is 0 Å². The van der Waals surface area contributed by atoms with Gasteiger partial charge in [-0.05, 0) is 20.3 Å². The van der Waals surface area contributed by atoms with Crippen molar-refractivity contribution in [3.63, 3.8) is 0 Å². The first-order valence-corrected chi connectivity index (χ1v) is 5.41. The van der Waals surface area contributed by atoms with Crippen LogP contribution in [0.25, 0.3) is 11.0 Å². The lowest BCUT2D eigenvalue weighted by molar-refractivity contribution is 0.545. The van der Waals surface area contributed by atoms with Crippen molar-refractivity contribution in [3.05, 3.63) is 18.2 Å². The van der Waals surface area contributed by atoms with E-state index in [1.807, 2.05) is 17.1 Å². The predicted molar refractivity (Wildman–Crippen MR) is 59.7 cm³/mol. The molecule has 0 aliphatic rings. The summed E-state index contributed by atoms with van der Waals surface area (Å²) in [5.41, 5.74) is 0.948. The van der Waals surface area contributed by atoms with Crippen LogP contribution in [0.3, 0.4) is 0 Å². The molecule has 2 aromatic heterocycles. The molecule has 0 aliphatic heterocycles. The van der Waals surface area contributed by atoms with Crippen molar-refractivity contribution >= 4 is 11.0 Å². The topological polar surface area (TPSA) is 43.6 Å². The van der Waals surface area contributed by atoms with Crippen molar-refractivity contribution in [1.82, 2.24) is 19.7 Å². The van der Waals surface area contributed by atoms with E-state index in [9.17, 15) is 0 Å². The summed E-state index contributed by atoms with van der Waals surface area (Å²) < 4.78 is 1.94. The van der Waals surface area contributed by atoms with Gasteiger partial charge in [-0.1, -0.05) is 6.92 Å². The second-order valence-corrected chi connectivity index (χ2v) is 4.00. The SMILES string of the molecule is CCCc1ncc2cnn(C(C)C)c2n1. The summed E-state index contributed by atoms with van der Waals surface area (Å²) in [6.07, 6.45) is 5.69. The molecule has 0 N–H and O–H groups in total. The quantitative estimate of drug-likeness (QED) is 0.770. The van der Waals surface area contributed by atoms with Crippen LogP contribution in [0.15, 0.2) is 12.4 Å². The molecule has 0 atom stereocenters. The van der Waals surface area contributed by atoms with Gasteiger partial charge >= 0.3 is 0 Å². The van der Waals surface area contributed by atoms with E-state index in [1.54, 1.807) is 0 Å². The van der Waals surface area contributed by atoms with E-state index in [0.717, 1.165) is 29.7 Å². The lowest BCUT2D eigenvalue weighted by atomic mass is 10.3. The Kier molecular flexibility index (Phi) is 2.66. The Morgan fingerprint density at radius 1 is 1.33 bits per heavy atom. The molecule has 0 spiro atoms. The van der Waals surface area contributed by atoms with Crippen LogP contribution in [0.2, 0.25) is 0 Å². The molecule has 0 saturated heterocycles. The Hall–Kier alpha value is -1.45. The fraction of sp³-hybridized carbons (Fsp3) is 0.545. The highest BCUT2D eigenvalue weighted by atomic mass is 15.3. The van der Waals surface area contributed by atoms with E-state index >= 15 is 0 Å². The standard InChI is InChI=1S/C11H16N4/c1-4-5-10-12-6-9-7-13-15(8(2)3)11(9)14-10/h6-8H,4-5H2,1-3H3. The average molecular weight is 204 g/mol. The molecule has 0 radical (unpaired) electrons. The van der Waals surface area contributed by atoms with Gasteiger partial charge in [0, 0.05) is 18.7 Å². The fourth-order valence-corrected chi connectivity index (χ4v) is 1.59. The van der Waals surface area contributed by atoms with Gasteiger partial charge in [-0.2, -0.15) is 5.10 Å². The Balaban J connectivity index is 2.51. The first-order valence-electron chi connectivity index (χ1n) is 5.41. The zero-order valence-corrected chi connectivity index (χ0v) is 9.44. The summed E-state index contributed by atoms with van der Waals surface area (Å²) in [6.45, 7) is 6.34. The number of fused-ring (bicyclic) bond motifs is 1. The molecule has 0 bridgehead atoms. The summed E-state index contributed by atoms with van der Waals surface area (Å²) in [4.78, 5) is 8.84. The lowest BCUT2D eigenvalue weighted by Crippen LogP contribution is -2.05. The van der Waals surface area contributed by atoms with Crippen LogP contribution < -0.4 is 0 Å². The molecule has 2 aromatic rings. The molecular formula is C11H16N4. The molecule has 4 heteroatoms. The van der Waals surface area contributed by atoms with Crippen LogP contribution in [-0.2, 0) is 6.42 Å². The molecule has 2 rings (SSSR count). The van der Waals surface area contributed by atoms with Gasteiger partial charge in [0.05, 0.1) is 11.6 Å². The molecule has 0 aliphatic carbocycles. The Bertz CT molecular complexity index is 459. The summed E-state index contributed by atoms with van der Waals surface area (Å²) in [6, 6.07) is 0.340. The second-order valence-electron chi connectivity index (χ2n) is 4.00. The van der Waals surface area contributed by atoms with E-state index in [-0.39, 0.29) is 0 Å². The molecule has 0 fully saturated rings. The maximum absolute atomic E-state index is 4.54. The third kappa shape index (κ3) is 1.84. The van der Waals surface area contributed by atoms with Gasteiger partial charge in [-0.25, -0.2) is 14.6 Å². The molecular weight excluding hydrogens is 188 g/mol. The first kappa shape index (κ1) is 10.1. The molecule has 80 valence electrons. The maximum Gasteiger partial charge on any atom is 0.161 e. The summed E-state index contributed by atoms with van der Waals surface area (Å²) in [5, 5.41) is 5.33. The van der Waals surface area contributed by atoms with Gasteiger partial charge in [0.15, 0.2) is 5.65 Å². The van der Waals surface area contributed by atoms with Gasteiger partial charge in [-0.3, -0.25) is 0 Å². The number of aryl methyl sites for hydroxylation is 1. The van der Waals surface area contributed by atoms with E-state index < -0.39 is 0 Å². The summed E-state index contributed by atoms with van der Waals surface area (Å²) in [5.74, 6) is 0.910. The van der Waals surface area contributed by atoms with Crippen molar-refractivity contribution in [3.8, 4) is 0 Å². The number of rotatable bonds is 3. The van der Waals surface area contributed by atoms with Gasteiger partial charge in [0.25, 0.3) is 0 Å². The molecule has 15 heavy (non-hydrogen) atoms. The minimum Gasteiger partial charge on any atom is -0.245 e. The third-order valence-electron chi connectivity index (χ3n) is 2.35. The van der Waals surface area contributed by atoms with Gasteiger partial charge in [0.2, 0.25) is 0 Å². The largest absolute Gasteiger partial charge is 0.245 e. The first-order chi connectivity index (χ1) is 7.22. The van der Waals surface area contributed by atoms with Crippen LogP contribution in [0.4, 0.5) is 0 Å². The number of hydrogen-bond acceptors (Lipinski definition) is 3. The summed E-state index contributed by atoms with van der Waals surface area (Å²) in [7, 11) is 0. The van der Waals surface area contributed by atoms with Gasteiger partial charge < -0.3 is 0 Å². The molecule has 0 unspecified atom stereocenters. The average Bonchev–Trinajstić information content (AvgIpc) is 2.61. The fourth-order valence-electron chi connectivity index (χ4n) is 1.59. The minimum atomic E-state index is 0.340.